The molecule has 18 heavy (non-hydrogen) atoms. The van der Waals surface area contributed by atoms with Crippen molar-refractivity contribution in [3.8, 4) is 0 Å². The molecule has 1 aromatic carbocycles. The van der Waals surface area contributed by atoms with Crippen molar-refractivity contribution in [2.75, 3.05) is 25.0 Å². The molecule has 1 aromatic rings. The van der Waals surface area contributed by atoms with E-state index < -0.39 is 5.97 Å². The number of hydrogen-bond acceptors (Lipinski definition) is 4. The summed E-state index contributed by atoms with van der Waals surface area (Å²) in [6, 6.07) is 6.87. The average molecular weight is 248 g/mol. The van der Waals surface area contributed by atoms with Crippen molar-refractivity contribution in [2.45, 2.75) is 6.92 Å². The Kier molecular flexibility index (Phi) is 3.94. The fourth-order valence-electron chi connectivity index (χ4n) is 1.69. The first-order chi connectivity index (χ1) is 8.72. The maximum Gasteiger partial charge on any atom is 0.340 e. The number of carbonyl (C=O) groups excluding carboxylic acids is 2. The molecule has 96 valence electrons. The SMILES string of the molecule is CCOC(=O)c1ccccc1NC(=O)C1CNC1. The van der Waals surface area contributed by atoms with Crippen LogP contribution >= 0.6 is 0 Å². The number of hydrogen-bond donors (Lipinski definition) is 2. The Labute approximate surface area is 106 Å². The topological polar surface area (TPSA) is 67.4 Å². The highest BCUT2D eigenvalue weighted by molar-refractivity contribution is 6.02. The fraction of sp³-hybridized carbons (Fsp3) is 0.385. The number of benzene rings is 1. The van der Waals surface area contributed by atoms with Crippen molar-refractivity contribution >= 4 is 17.6 Å². The molecule has 2 rings (SSSR count). The number of ether oxygens (including phenoxy) is 1. The summed E-state index contributed by atoms with van der Waals surface area (Å²) in [4.78, 5) is 23.5. The molecule has 1 amide bonds. The maximum atomic E-state index is 11.8. The van der Waals surface area contributed by atoms with Crippen LogP contribution in [0.4, 0.5) is 5.69 Å². The quantitative estimate of drug-likeness (QED) is 0.781. The lowest BCUT2D eigenvalue weighted by molar-refractivity contribution is -0.121. The van der Waals surface area contributed by atoms with Crippen molar-refractivity contribution in [3.63, 3.8) is 0 Å². The molecular formula is C13H16N2O3. The van der Waals surface area contributed by atoms with Crippen molar-refractivity contribution in [1.29, 1.82) is 0 Å². The number of esters is 1. The average Bonchev–Trinajstić information content (AvgIpc) is 2.27. The van der Waals surface area contributed by atoms with Crippen LogP contribution in [-0.4, -0.2) is 31.6 Å². The molecule has 1 heterocycles. The summed E-state index contributed by atoms with van der Waals surface area (Å²) in [6.07, 6.45) is 0. The molecule has 0 aromatic heterocycles. The van der Waals surface area contributed by atoms with Crippen LogP contribution in [0.5, 0.6) is 0 Å². The molecule has 0 radical (unpaired) electrons. The second-order valence-electron chi connectivity index (χ2n) is 4.11. The van der Waals surface area contributed by atoms with Gasteiger partial charge in [0, 0.05) is 13.1 Å². The second-order valence-corrected chi connectivity index (χ2v) is 4.11. The second kappa shape index (κ2) is 5.64. The maximum absolute atomic E-state index is 11.8. The van der Waals surface area contributed by atoms with Gasteiger partial charge in [-0.25, -0.2) is 4.79 Å². The predicted molar refractivity (Wildman–Crippen MR) is 67.4 cm³/mol. The Hall–Kier alpha value is -1.88. The molecule has 1 fully saturated rings. The zero-order chi connectivity index (χ0) is 13.0. The highest BCUT2D eigenvalue weighted by Crippen LogP contribution is 2.18. The number of nitrogens with one attached hydrogen (secondary N) is 2. The van der Waals surface area contributed by atoms with E-state index in [9.17, 15) is 9.59 Å². The molecule has 0 saturated carbocycles. The third-order valence-corrected chi connectivity index (χ3v) is 2.83. The fourth-order valence-corrected chi connectivity index (χ4v) is 1.69. The van der Waals surface area contributed by atoms with Gasteiger partial charge in [0.25, 0.3) is 0 Å². The van der Waals surface area contributed by atoms with Gasteiger partial charge in [0.2, 0.25) is 5.91 Å². The van der Waals surface area contributed by atoms with Crippen LogP contribution in [0.15, 0.2) is 24.3 Å². The van der Waals surface area contributed by atoms with Crippen LogP contribution < -0.4 is 10.6 Å². The van der Waals surface area contributed by atoms with Gasteiger partial charge in [-0.05, 0) is 19.1 Å². The molecular weight excluding hydrogens is 232 g/mol. The lowest BCUT2D eigenvalue weighted by Gasteiger charge is -2.26. The molecule has 5 nitrogen and oxygen atoms in total. The van der Waals surface area contributed by atoms with Crippen molar-refractivity contribution < 1.29 is 14.3 Å². The molecule has 1 aliphatic heterocycles. The minimum atomic E-state index is -0.417. The highest BCUT2D eigenvalue weighted by Gasteiger charge is 2.25. The summed E-state index contributed by atoms with van der Waals surface area (Å²) in [5, 5.41) is 5.81. The predicted octanol–water partition coefficient (Wildman–Crippen LogP) is 1.02. The van der Waals surface area contributed by atoms with E-state index in [1.165, 1.54) is 0 Å². The summed E-state index contributed by atoms with van der Waals surface area (Å²) in [7, 11) is 0. The first-order valence-electron chi connectivity index (χ1n) is 6.00. The van der Waals surface area contributed by atoms with Gasteiger partial charge < -0.3 is 15.4 Å². The Morgan fingerprint density at radius 3 is 2.72 bits per heavy atom. The van der Waals surface area contributed by atoms with Crippen molar-refractivity contribution in [3.05, 3.63) is 29.8 Å². The zero-order valence-corrected chi connectivity index (χ0v) is 10.2. The van der Waals surface area contributed by atoms with E-state index in [4.69, 9.17) is 4.74 Å². The normalized spacial score (nSPS) is 14.7. The van der Waals surface area contributed by atoms with Gasteiger partial charge in [-0.1, -0.05) is 12.1 Å². The first-order valence-corrected chi connectivity index (χ1v) is 6.00. The van der Waals surface area contributed by atoms with Crippen LogP contribution in [0.3, 0.4) is 0 Å². The molecule has 1 saturated heterocycles. The molecule has 5 heteroatoms. The van der Waals surface area contributed by atoms with Gasteiger partial charge in [-0.15, -0.1) is 0 Å². The zero-order valence-electron chi connectivity index (χ0n) is 10.2. The summed E-state index contributed by atoms with van der Waals surface area (Å²) in [5.41, 5.74) is 0.896. The van der Waals surface area contributed by atoms with Gasteiger partial charge in [0.05, 0.1) is 23.8 Å². The van der Waals surface area contributed by atoms with E-state index >= 15 is 0 Å². The largest absolute Gasteiger partial charge is 0.462 e. The number of amides is 1. The molecule has 0 spiro atoms. The Balaban J connectivity index is 2.11. The number of carbonyl (C=O) groups is 2. The van der Waals surface area contributed by atoms with Crippen molar-refractivity contribution in [2.24, 2.45) is 5.92 Å². The van der Waals surface area contributed by atoms with E-state index in [0.29, 0.717) is 30.9 Å². The summed E-state index contributed by atoms with van der Waals surface area (Å²) in [6.45, 7) is 3.44. The summed E-state index contributed by atoms with van der Waals surface area (Å²) < 4.78 is 4.95. The molecule has 2 N–H and O–H groups in total. The van der Waals surface area contributed by atoms with Gasteiger partial charge in [0.1, 0.15) is 0 Å². The molecule has 0 atom stereocenters. The van der Waals surface area contributed by atoms with Crippen LogP contribution in [0.1, 0.15) is 17.3 Å². The Bertz CT molecular complexity index is 455. The summed E-state index contributed by atoms with van der Waals surface area (Å²) in [5.74, 6) is -0.495. The number of rotatable bonds is 4. The van der Waals surface area contributed by atoms with Crippen LogP contribution in [0.25, 0.3) is 0 Å². The van der Waals surface area contributed by atoms with Crippen LogP contribution in [-0.2, 0) is 9.53 Å². The smallest absolute Gasteiger partial charge is 0.340 e. The molecule has 0 bridgehead atoms. The molecule has 0 unspecified atom stereocenters. The third-order valence-electron chi connectivity index (χ3n) is 2.83. The van der Waals surface area contributed by atoms with Gasteiger partial charge in [-0.2, -0.15) is 0 Å². The highest BCUT2D eigenvalue weighted by atomic mass is 16.5. The van der Waals surface area contributed by atoms with E-state index in [1.54, 1.807) is 31.2 Å². The van der Waals surface area contributed by atoms with Crippen LogP contribution in [0, 0.1) is 5.92 Å². The lowest BCUT2D eigenvalue weighted by Crippen LogP contribution is -2.48. The van der Waals surface area contributed by atoms with Gasteiger partial charge >= 0.3 is 5.97 Å². The monoisotopic (exact) mass is 248 g/mol. The van der Waals surface area contributed by atoms with E-state index in [0.717, 1.165) is 0 Å². The standard InChI is InChI=1S/C13H16N2O3/c1-2-18-13(17)10-5-3-4-6-11(10)15-12(16)9-7-14-8-9/h3-6,9,14H,2,7-8H2,1H3,(H,15,16). The Morgan fingerprint density at radius 1 is 1.39 bits per heavy atom. The van der Waals surface area contributed by atoms with Crippen molar-refractivity contribution in [1.82, 2.24) is 5.32 Å². The minimum Gasteiger partial charge on any atom is -0.462 e. The Morgan fingerprint density at radius 2 is 2.11 bits per heavy atom. The summed E-state index contributed by atoms with van der Waals surface area (Å²) >= 11 is 0. The van der Waals surface area contributed by atoms with Gasteiger partial charge in [0.15, 0.2) is 0 Å². The van der Waals surface area contributed by atoms with Gasteiger partial charge in [-0.3, -0.25) is 4.79 Å². The van der Waals surface area contributed by atoms with E-state index in [2.05, 4.69) is 10.6 Å². The molecule has 0 aliphatic carbocycles. The third kappa shape index (κ3) is 2.68. The lowest BCUT2D eigenvalue weighted by atomic mass is 10.0. The number of anilines is 1. The van der Waals surface area contributed by atoms with E-state index in [1.807, 2.05) is 0 Å². The van der Waals surface area contributed by atoms with Crippen LogP contribution in [0.2, 0.25) is 0 Å². The van der Waals surface area contributed by atoms with E-state index in [-0.39, 0.29) is 11.8 Å². The number of para-hydroxylation sites is 1. The minimum absolute atomic E-state index is 0.0137. The first kappa shape index (κ1) is 12.6. The molecule has 1 aliphatic rings.